The molecule has 5 aliphatic rings. The quantitative estimate of drug-likeness (QED) is 0.393. The summed E-state index contributed by atoms with van der Waals surface area (Å²) in [5, 5.41) is 9.16. The zero-order valence-corrected chi connectivity index (χ0v) is 22.4. The molecule has 4 aliphatic carbocycles. The zero-order chi connectivity index (χ0) is 26.1. The average molecular weight is 504 g/mol. The molecule has 194 valence electrons. The number of allylic oxidation sites excluding steroid dienone is 1. The maximum absolute atomic E-state index is 12.4. The van der Waals surface area contributed by atoms with Gasteiger partial charge in [-0.15, -0.1) is 0 Å². The van der Waals surface area contributed by atoms with Gasteiger partial charge in [0.1, 0.15) is 0 Å². The Hall–Kier alpha value is -2.96. The third-order valence-electron chi connectivity index (χ3n) is 11.4. The van der Waals surface area contributed by atoms with Crippen LogP contribution in [-0.2, 0) is 9.53 Å². The molecule has 1 spiro atoms. The molecular formula is C35H37NO2. The predicted octanol–water partition coefficient (Wildman–Crippen LogP) is 7.78. The van der Waals surface area contributed by atoms with Gasteiger partial charge in [-0.25, -0.2) is 0 Å². The summed E-state index contributed by atoms with van der Waals surface area (Å²) in [6.07, 6.45) is 10.5. The van der Waals surface area contributed by atoms with Crippen LogP contribution >= 0.6 is 0 Å². The summed E-state index contributed by atoms with van der Waals surface area (Å²) in [4.78, 5) is 12.4. The number of ether oxygens (including phenoxy) is 1. The van der Waals surface area contributed by atoms with E-state index in [4.69, 9.17) is 10.00 Å². The first kappa shape index (κ1) is 24.1. The van der Waals surface area contributed by atoms with E-state index < -0.39 is 0 Å². The Kier molecular flexibility index (Phi) is 5.57. The summed E-state index contributed by atoms with van der Waals surface area (Å²) in [6, 6.07) is 19.3. The van der Waals surface area contributed by atoms with E-state index in [9.17, 15) is 4.79 Å². The Morgan fingerprint density at radius 2 is 1.68 bits per heavy atom. The van der Waals surface area contributed by atoms with E-state index in [-0.39, 0.29) is 11.0 Å². The molecule has 4 fully saturated rings. The summed E-state index contributed by atoms with van der Waals surface area (Å²) in [5.41, 5.74) is 7.15. The second-order valence-corrected chi connectivity index (χ2v) is 12.8. The fourth-order valence-corrected chi connectivity index (χ4v) is 9.77. The molecule has 1 aliphatic heterocycles. The lowest BCUT2D eigenvalue weighted by Gasteiger charge is -2.59. The first-order valence-electron chi connectivity index (χ1n) is 14.6. The van der Waals surface area contributed by atoms with Crippen LogP contribution in [0.2, 0.25) is 0 Å². The predicted molar refractivity (Wildman–Crippen MR) is 149 cm³/mol. The number of carbonyl (C=O) groups is 1. The Balaban J connectivity index is 1.29. The topological polar surface area (TPSA) is 50.1 Å². The molecule has 3 nitrogen and oxygen atoms in total. The minimum absolute atomic E-state index is 0.101. The molecule has 0 aromatic heterocycles. The molecule has 38 heavy (non-hydrogen) atoms. The molecule has 2 aromatic rings. The SMILES string of the molecule is C=C1CCO[C@@]12CC[C@H]1[C@@H]3CCC4=CC(=O)CC[C@@H]4[C@H]3[C@@H](c3ccc(-c4ccc(C#N)cc4)cc3)C[C@@]12C. The van der Waals surface area contributed by atoms with Crippen LogP contribution in [0.25, 0.3) is 11.1 Å². The van der Waals surface area contributed by atoms with Crippen molar-refractivity contribution in [1.82, 2.24) is 0 Å². The first-order chi connectivity index (χ1) is 18.4. The largest absolute Gasteiger partial charge is 0.370 e. The van der Waals surface area contributed by atoms with Gasteiger partial charge in [-0.3, -0.25) is 4.79 Å². The number of rotatable bonds is 2. The highest BCUT2D eigenvalue weighted by molar-refractivity contribution is 5.91. The minimum Gasteiger partial charge on any atom is -0.370 e. The number of hydrogen-bond acceptors (Lipinski definition) is 3. The zero-order valence-electron chi connectivity index (χ0n) is 22.4. The second-order valence-electron chi connectivity index (χ2n) is 12.8. The van der Waals surface area contributed by atoms with Crippen LogP contribution in [0.15, 0.2) is 72.3 Å². The molecule has 0 unspecified atom stereocenters. The lowest BCUT2D eigenvalue weighted by atomic mass is 9.46. The fourth-order valence-electron chi connectivity index (χ4n) is 9.77. The fraction of sp³-hybridized carbons (Fsp3) is 0.486. The van der Waals surface area contributed by atoms with Crippen molar-refractivity contribution >= 4 is 5.78 Å². The molecule has 3 heteroatoms. The van der Waals surface area contributed by atoms with Crippen LogP contribution in [-0.4, -0.2) is 18.0 Å². The van der Waals surface area contributed by atoms with Gasteiger partial charge in [0.15, 0.2) is 5.78 Å². The average Bonchev–Trinajstić information content (AvgIpc) is 3.47. The summed E-state index contributed by atoms with van der Waals surface area (Å²) >= 11 is 0. The van der Waals surface area contributed by atoms with E-state index in [1.807, 2.05) is 30.3 Å². The van der Waals surface area contributed by atoms with Crippen LogP contribution in [0.5, 0.6) is 0 Å². The van der Waals surface area contributed by atoms with Gasteiger partial charge in [0.05, 0.1) is 23.8 Å². The smallest absolute Gasteiger partial charge is 0.155 e. The highest BCUT2D eigenvalue weighted by atomic mass is 16.5. The number of hydrogen-bond donors (Lipinski definition) is 0. The van der Waals surface area contributed by atoms with Crippen LogP contribution in [0.4, 0.5) is 0 Å². The van der Waals surface area contributed by atoms with Gasteiger partial charge >= 0.3 is 0 Å². The highest BCUT2D eigenvalue weighted by Crippen LogP contribution is 2.71. The van der Waals surface area contributed by atoms with Gasteiger partial charge in [-0.1, -0.05) is 55.5 Å². The molecule has 3 saturated carbocycles. The molecule has 1 saturated heterocycles. The van der Waals surface area contributed by atoms with E-state index in [2.05, 4.69) is 43.8 Å². The van der Waals surface area contributed by atoms with Gasteiger partial charge in [-0.2, -0.15) is 5.26 Å². The number of nitriles is 1. The molecule has 7 rings (SSSR count). The highest BCUT2D eigenvalue weighted by Gasteiger charge is 2.67. The minimum atomic E-state index is -0.165. The molecule has 0 N–H and O–H groups in total. The third kappa shape index (κ3) is 3.39. The third-order valence-corrected chi connectivity index (χ3v) is 11.4. The molecule has 1 heterocycles. The van der Waals surface area contributed by atoms with Gasteiger partial charge in [0.2, 0.25) is 0 Å². The van der Waals surface area contributed by atoms with E-state index in [0.29, 0.717) is 47.4 Å². The van der Waals surface area contributed by atoms with Crippen molar-refractivity contribution in [2.45, 2.75) is 69.8 Å². The van der Waals surface area contributed by atoms with E-state index >= 15 is 0 Å². The molecule has 2 aromatic carbocycles. The van der Waals surface area contributed by atoms with Crippen molar-refractivity contribution in [2.75, 3.05) is 6.61 Å². The molecular weight excluding hydrogens is 466 g/mol. The summed E-state index contributed by atoms with van der Waals surface area (Å²) < 4.78 is 6.69. The summed E-state index contributed by atoms with van der Waals surface area (Å²) in [5.74, 6) is 3.23. The van der Waals surface area contributed by atoms with Crippen LogP contribution in [0.1, 0.15) is 75.3 Å². The Bertz CT molecular complexity index is 1360. The van der Waals surface area contributed by atoms with Crippen LogP contribution < -0.4 is 0 Å². The van der Waals surface area contributed by atoms with Crippen molar-refractivity contribution in [2.24, 2.45) is 29.1 Å². The summed E-state index contributed by atoms with van der Waals surface area (Å²) in [6.45, 7) is 7.92. The van der Waals surface area contributed by atoms with Gasteiger partial charge in [0, 0.05) is 11.8 Å². The number of fused-ring (bicyclic) bond motifs is 6. The maximum atomic E-state index is 12.4. The first-order valence-corrected chi connectivity index (χ1v) is 14.6. The maximum Gasteiger partial charge on any atom is 0.155 e. The number of nitrogens with zero attached hydrogens (tertiary/aromatic N) is 1. The van der Waals surface area contributed by atoms with Crippen molar-refractivity contribution in [3.63, 3.8) is 0 Å². The number of ketones is 1. The van der Waals surface area contributed by atoms with Crippen molar-refractivity contribution in [3.05, 3.63) is 83.5 Å². The van der Waals surface area contributed by atoms with Crippen LogP contribution in [0, 0.1) is 40.4 Å². The Labute approximate surface area is 226 Å². The monoisotopic (exact) mass is 503 g/mol. The van der Waals surface area contributed by atoms with E-state index in [1.54, 1.807) is 0 Å². The van der Waals surface area contributed by atoms with Crippen molar-refractivity contribution in [3.8, 4) is 17.2 Å². The molecule has 0 bridgehead atoms. The Morgan fingerprint density at radius 3 is 2.37 bits per heavy atom. The van der Waals surface area contributed by atoms with E-state index in [0.717, 1.165) is 44.3 Å². The normalized spacial score (nSPS) is 37.8. The molecule has 0 amide bonds. The van der Waals surface area contributed by atoms with E-state index in [1.165, 1.54) is 35.1 Å². The number of carbonyl (C=O) groups excluding carboxylic acids is 1. The lowest BCUT2D eigenvalue weighted by Crippen LogP contribution is -2.55. The van der Waals surface area contributed by atoms with Crippen molar-refractivity contribution in [1.29, 1.82) is 5.26 Å². The standard InChI is InChI=1S/C35H37NO2/c1-22-16-18-38-35(22)17-15-32-30-13-11-27-19-28(37)12-14-29(27)33(30)31(20-34(32,35)2)26-9-7-25(8-10-26)24-5-3-23(21-36)4-6-24/h3-10,19,29-33H,1,11-18,20H2,2H3/t29-,30-,31+,32-,33+,34-,35-/m0/s1. The second kappa shape index (κ2) is 8.78. The van der Waals surface area contributed by atoms with Crippen LogP contribution in [0.3, 0.4) is 0 Å². The van der Waals surface area contributed by atoms with Gasteiger partial charge in [0.25, 0.3) is 0 Å². The van der Waals surface area contributed by atoms with Crippen molar-refractivity contribution < 1.29 is 9.53 Å². The molecule has 0 radical (unpaired) electrons. The number of benzene rings is 2. The summed E-state index contributed by atoms with van der Waals surface area (Å²) in [7, 11) is 0. The van der Waals surface area contributed by atoms with Gasteiger partial charge < -0.3 is 4.74 Å². The molecule has 7 atom stereocenters. The van der Waals surface area contributed by atoms with Gasteiger partial charge in [-0.05, 0) is 115 Å². The lowest BCUT2D eigenvalue weighted by molar-refractivity contribution is -0.122. The Morgan fingerprint density at radius 1 is 0.947 bits per heavy atom.